The molecular weight excluding hydrogens is 368 g/mol. The molecule has 1 N–H and O–H groups in total. The molecule has 4 atom stereocenters. The van der Waals surface area contributed by atoms with Gasteiger partial charge in [-0.15, -0.1) is 0 Å². The first-order chi connectivity index (χ1) is 12.6. The largest absolute Gasteiger partial charge is 0.493 e. The molecular formula is C21H27ClO5. The maximum atomic E-state index is 12.5. The normalized spacial score (nSPS) is 30.0. The lowest BCUT2D eigenvalue weighted by Gasteiger charge is -2.42. The van der Waals surface area contributed by atoms with Crippen molar-refractivity contribution in [3.05, 3.63) is 46.2 Å². The number of aliphatic hydroxyl groups is 1. The number of carbonyl (C=O) groups excluding carboxylic acids is 2. The van der Waals surface area contributed by atoms with Crippen LogP contribution in [0.3, 0.4) is 0 Å². The molecule has 1 heterocycles. The predicted molar refractivity (Wildman–Crippen MR) is 104 cm³/mol. The van der Waals surface area contributed by atoms with Crippen molar-refractivity contribution in [3.8, 4) is 0 Å². The van der Waals surface area contributed by atoms with Crippen LogP contribution in [0, 0.1) is 11.8 Å². The van der Waals surface area contributed by atoms with Crippen molar-refractivity contribution in [1.82, 2.24) is 0 Å². The quantitative estimate of drug-likeness (QED) is 0.566. The number of esters is 1. The zero-order chi connectivity index (χ0) is 20.4. The van der Waals surface area contributed by atoms with Gasteiger partial charge >= 0.3 is 5.97 Å². The van der Waals surface area contributed by atoms with Gasteiger partial charge in [-0.25, -0.2) is 0 Å². The highest BCUT2D eigenvalue weighted by atomic mass is 35.5. The minimum Gasteiger partial charge on any atom is -0.493 e. The second-order valence-electron chi connectivity index (χ2n) is 7.37. The Morgan fingerprint density at radius 3 is 2.78 bits per heavy atom. The van der Waals surface area contributed by atoms with Crippen LogP contribution >= 0.6 is 11.6 Å². The van der Waals surface area contributed by atoms with Crippen LogP contribution < -0.4 is 0 Å². The summed E-state index contributed by atoms with van der Waals surface area (Å²) in [5, 5.41) is 10.5. The lowest BCUT2D eigenvalue weighted by molar-refractivity contribution is -0.174. The van der Waals surface area contributed by atoms with Gasteiger partial charge in [0.05, 0.1) is 17.6 Å². The van der Waals surface area contributed by atoms with Gasteiger partial charge in [-0.05, 0) is 37.5 Å². The zero-order valence-corrected chi connectivity index (χ0v) is 17.2. The van der Waals surface area contributed by atoms with Crippen molar-refractivity contribution in [2.45, 2.75) is 52.7 Å². The van der Waals surface area contributed by atoms with Crippen molar-refractivity contribution in [1.29, 1.82) is 0 Å². The van der Waals surface area contributed by atoms with Crippen molar-refractivity contribution in [2.75, 3.05) is 6.61 Å². The van der Waals surface area contributed by atoms with Gasteiger partial charge in [-0.3, -0.25) is 9.59 Å². The summed E-state index contributed by atoms with van der Waals surface area (Å²) in [6, 6.07) is 0. The fourth-order valence-electron chi connectivity index (χ4n) is 3.24. The summed E-state index contributed by atoms with van der Waals surface area (Å²) in [5.74, 6) is -0.697. The first-order valence-electron chi connectivity index (χ1n) is 9.13. The average Bonchev–Trinajstić information content (AvgIpc) is 2.61. The molecule has 0 fully saturated rings. The van der Waals surface area contributed by atoms with Gasteiger partial charge in [0.1, 0.15) is 11.9 Å². The number of fused-ring (bicyclic) bond motifs is 1. The fraction of sp³-hybridized carbons (Fsp3) is 0.524. The maximum absolute atomic E-state index is 12.5. The van der Waals surface area contributed by atoms with E-state index in [1.165, 1.54) is 13.8 Å². The molecule has 0 saturated carbocycles. The smallest absolute Gasteiger partial charge is 0.303 e. The van der Waals surface area contributed by atoms with Gasteiger partial charge in [0.2, 0.25) is 5.78 Å². The lowest BCUT2D eigenvalue weighted by atomic mass is 9.74. The molecule has 0 bridgehead atoms. The summed E-state index contributed by atoms with van der Waals surface area (Å²) in [6.07, 6.45) is 7.62. The zero-order valence-electron chi connectivity index (χ0n) is 16.4. The van der Waals surface area contributed by atoms with E-state index in [1.54, 1.807) is 6.08 Å². The number of hydrogen-bond donors (Lipinski definition) is 1. The highest BCUT2D eigenvalue weighted by molar-refractivity contribution is 6.44. The SMILES string of the molecule is CCC(C)/C=C(C)/C=C/C1=CC2=C(Cl)C(=O)[C@](C)(O)[C@H](OC(C)=O)[C@@H]2CO1. The van der Waals surface area contributed by atoms with Gasteiger partial charge in [0, 0.05) is 6.92 Å². The molecule has 6 heteroatoms. The molecule has 2 rings (SSSR count). The number of hydrogen-bond acceptors (Lipinski definition) is 5. The van der Waals surface area contributed by atoms with Crippen LogP contribution in [0.1, 0.15) is 41.0 Å². The third kappa shape index (κ3) is 4.71. The van der Waals surface area contributed by atoms with Gasteiger partial charge in [0.15, 0.2) is 5.60 Å². The number of carbonyl (C=O) groups is 2. The van der Waals surface area contributed by atoms with Gasteiger partial charge in [-0.1, -0.05) is 49.6 Å². The van der Waals surface area contributed by atoms with Crippen LogP contribution in [-0.4, -0.2) is 35.2 Å². The Labute approximate surface area is 165 Å². The van der Waals surface area contributed by atoms with Gasteiger partial charge in [-0.2, -0.15) is 0 Å². The number of ketones is 1. The summed E-state index contributed by atoms with van der Waals surface area (Å²) in [7, 11) is 0. The maximum Gasteiger partial charge on any atom is 0.303 e. The van der Waals surface area contributed by atoms with Crippen LogP contribution in [0.25, 0.3) is 0 Å². The molecule has 1 unspecified atom stereocenters. The average molecular weight is 395 g/mol. The van der Waals surface area contributed by atoms with E-state index in [4.69, 9.17) is 21.1 Å². The van der Waals surface area contributed by atoms with Crippen LogP contribution in [-0.2, 0) is 19.1 Å². The number of Topliss-reactive ketones (excluding diaryl/α,β-unsaturated/α-hetero) is 1. The van der Waals surface area contributed by atoms with Crippen molar-refractivity contribution < 1.29 is 24.2 Å². The Kier molecular flexibility index (Phi) is 6.71. The monoisotopic (exact) mass is 394 g/mol. The molecule has 148 valence electrons. The number of halogens is 1. The summed E-state index contributed by atoms with van der Waals surface area (Å²) in [5.41, 5.74) is -0.262. The number of rotatable bonds is 5. The van der Waals surface area contributed by atoms with E-state index in [2.05, 4.69) is 19.9 Å². The minimum absolute atomic E-state index is 0.0468. The summed E-state index contributed by atoms with van der Waals surface area (Å²) < 4.78 is 11.0. The Morgan fingerprint density at radius 2 is 2.19 bits per heavy atom. The highest BCUT2D eigenvalue weighted by Crippen LogP contribution is 2.41. The van der Waals surface area contributed by atoms with Crippen LogP contribution in [0.5, 0.6) is 0 Å². The van der Waals surface area contributed by atoms with E-state index in [0.717, 1.165) is 12.0 Å². The van der Waals surface area contributed by atoms with Crippen molar-refractivity contribution in [3.63, 3.8) is 0 Å². The van der Waals surface area contributed by atoms with E-state index in [-0.39, 0.29) is 11.6 Å². The molecule has 0 aromatic carbocycles. The van der Waals surface area contributed by atoms with E-state index in [0.29, 0.717) is 17.3 Å². The summed E-state index contributed by atoms with van der Waals surface area (Å²) >= 11 is 6.24. The van der Waals surface area contributed by atoms with E-state index < -0.39 is 29.4 Å². The van der Waals surface area contributed by atoms with E-state index in [9.17, 15) is 14.7 Å². The van der Waals surface area contributed by atoms with Crippen LogP contribution in [0.15, 0.2) is 46.2 Å². The van der Waals surface area contributed by atoms with Crippen LogP contribution in [0.2, 0.25) is 0 Å². The van der Waals surface area contributed by atoms with Gasteiger partial charge < -0.3 is 14.6 Å². The fourth-order valence-corrected chi connectivity index (χ4v) is 3.62. The molecule has 0 radical (unpaired) electrons. The molecule has 1 aliphatic carbocycles. The molecule has 0 aromatic heterocycles. The molecule has 2 aliphatic rings. The first kappa shape index (κ1) is 21.5. The molecule has 0 saturated heterocycles. The van der Waals surface area contributed by atoms with Crippen molar-refractivity contribution in [2.24, 2.45) is 11.8 Å². The molecule has 1 aliphatic heterocycles. The summed E-state index contributed by atoms with van der Waals surface area (Å²) in [4.78, 5) is 23.9. The highest BCUT2D eigenvalue weighted by Gasteiger charge is 2.53. The third-order valence-electron chi connectivity index (χ3n) is 4.95. The summed E-state index contributed by atoms with van der Waals surface area (Å²) in [6.45, 7) is 8.99. The minimum atomic E-state index is -1.89. The Hall–Kier alpha value is -1.85. The second-order valence-corrected chi connectivity index (χ2v) is 7.75. The molecule has 0 amide bonds. The third-order valence-corrected chi connectivity index (χ3v) is 5.34. The topological polar surface area (TPSA) is 72.8 Å². The standard InChI is InChI=1S/C21H27ClO5/c1-6-12(2)9-13(3)7-8-15-10-16-17(11-26-15)20(27-14(4)23)21(5,25)19(24)18(16)22/h7-10,12,17,20,25H,6,11H2,1-5H3/b8-7+,13-9+/t12?,17-,20-,21+/m1/s1. The van der Waals surface area contributed by atoms with E-state index >= 15 is 0 Å². The molecule has 5 nitrogen and oxygen atoms in total. The Bertz CT molecular complexity index is 742. The van der Waals surface area contributed by atoms with Gasteiger partial charge in [0.25, 0.3) is 0 Å². The predicted octanol–water partition coefficient (Wildman–Crippen LogP) is 3.82. The molecule has 0 aromatic rings. The Morgan fingerprint density at radius 1 is 1.52 bits per heavy atom. The molecule has 27 heavy (non-hydrogen) atoms. The Balaban J connectivity index is 2.34. The lowest BCUT2D eigenvalue weighted by Crippen LogP contribution is -2.57. The van der Waals surface area contributed by atoms with E-state index in [1.807, 2.05) is 19.1 Å². The first-order valence-corrected chi connectivity index (χ1v) is 9.50. The second kappa shape index (κ2) is 8.44. The molecule has 0 spiro atoms. The van der Waals surface area contributed by atoms with Crippen LogP contribution in [0.4, 0.5) is 0 Å². The number of allylic oxidation sites excluding steroid dienone is 5. The number of ether oxygens (including phenoxy) is 2. The van der Waals surface area contributed by atoms with Crippen molar-refractivity contribution >= 4 is 23.4 Å².